The molecule has 4 aliphatic rings. The second kappa shape index (κ2) is 10.1. The maximum atomic E-state index is 12.3. The molecule has 0 aliphatic heterocycles. The Morgan fingerprint density at radius 2 is 1.85 bits per heavy atom. The minimum Gasteiger partial charge on any atom is -0.393 e. The fourth-order valence-electron chi connectivity index (χ4n) is 9.31. The van der Waals surface area contributed by atoms with Crippen LogP contribution in [0.3, 0.4) is 0 Å². The van der Waals surface area contributed by atoms with Gasteiger partial charge < -0.3 is 21.3 Å². The number of nitrogens with one attached hydrogen (secondary N) is 1. The largest absolute Gasteiger partial charge is 0.393 e. The van der Waals surface area contributed by atoms with Crippen molar-refractivity contribution in [2.45, 2.75) is 110 Å². The van der Waals surface area contributed by atoms with Crippen molar-refractivity contribution in [2.75, 3.05) is 13.1 Å². The fourth-order valence-corrected chi connectivity index (χ4v) is 9.31. The lowest BCUT2D eigenvalue weighted by Crippen LogP contribution is -2.58. The van der Waals surface area contributed by atoms with E-state index in [1.807, 2.05) is 0 Å². The van der Waals surface area contributed by atoms with Gasteiger partial charge in [-0.25, -0.2) is 0 Å². The van der Waals surface area contributed by atoms with Crippen molar-refractivity contribution in [2.24, 2.45) is 52.1 Å². The Balaban J connectivity index is 1.40. The summed E-state index contributed by atoms with van der Waals surface area (Å²) >= 11 is 0. The number of carbonyl (C=O) groups is 1. The zero-order chi connectivity index (χ0) is 23.8. The number of nitrogens with two attached hydrogens (primary N) is 1. The third kappa shape index (κ3) is 4.63. The first-order valence-corrected chi connectivity index (χ1v) is 14.0. The second-order valence-corrected chi connectivity index (χ2v) is 12.7. The number of unbranched alkanes of at least 4 members (excludes halogenated alkanes) is 1. The Morgan fingerprint density at radius 1 is 1.06 bits per heavy atom. The molecule has 0 aromatic carbocycles. The van der Waals surface area contributed by atoms with Crippen molar-refractivity contribution in [1.82, 2.24) is 5.32 Å². The summed E-state index contributed by atoms with van der Waals surface area (Å²) in [6.07, 6.45) is 12.0. The molecule has 0 aromatic rings. The second-order valence-electron chi connectivity index (χ2n) is 12.7. The summed E-state index contributed by atoms with van der Waals surface area (Å²) in [6.45, 7) is 8.60. The lowest BCUT2D eigenvalue weighted by Gasteiger charge is -2.62. The maximum absolute atomic E-state index is 12.3. The van der Waals surface area contributed by atoms with Gasteiger partial charge in [0.1, 0.15) is 0 Å². The lowest BCUT2D eigenvalue weighted by molar-refractivity contribution is -0.174. The predicted molar refractivity (Wildman–Crippen MR) is 132 cm³/mol. The summed E-state index contributed by atoms with van der Waals surface area (Å²) in [5, 5.41) is 25.0. The van der Waals surface area contributed by atoms with E-state index in [0.717, 1.165) is 57.4 Å². The molecule has 1 amide bonds. The molecule has 4 rings (SSSR count). The summed E-state index contributed by atoms with van der Waals surface area (Å²) in [7, 11) is 0. The molecule has 4 aliphatic carbocycles. The summed E-state index contributed by atoms with van der Waals surface area (Å²) in [5.74, 6) is 3.67. The van der Waals surface area contributed by atoms with Crippen LogP contribution in [0.2, 0.25) is 0 Å². The van der Waals surface area contributed by atoms with Crippen LogP contribution in [0, 0.1) is 46.3 Å². The van der Waals surface area contributed by atoms with Gasteiger partial charge in [-0.2, -0.15) is 0 Å². The topological polar surface area (TPSA) is 95.6 Å². The molecule has 0 spiro atoms. The summed E-state index contributed by atoms with van der Waals surface area (Å²) < 4.78 is 0. The standard InChI is InChI=1S/C28H50N2O3/c1-18(6-11-26(33)30-15-5-4-14-29)22-9-10-23-21-8-7-19-16-20(31)12-13-27(19,2)24(21)17-25(32)28(22,23)3/h18-25,31-32H,4-17,29H2,1-3H3,(H,30,33)/t18-,19-,20-,21+,22?,23?,24?,25+,27+,28-/m1/s1. The van der Waals surface area contributed by atoms with Gasteiger partial charge in [0.25, 0.3) is 0 Å². The van der Waals surface area contributed by atoms with Gasteiger partial charge in [-0.15, -0.1) is 0 Å². The molecule has 33 heavy (non-hydrogen) atoms. The van der Waals surface area contributed by atoms with Crippen molar-refractivity contribution >= 4 is 5.91 Å². The molecule has 0 aromatic heterocycles. The number of hydrogen-bond acceptors (Lipinski definition) is 4. The van der Waals surface area contributed by atoms with Crippen molar-refractivity contribution in [3.05, 3.63) is 0 Å². The van der Waals surface area contributed by atoms with E-state index < -0.39 is 0 Å². The minimum absolute atomic E-state index is 0.0183. The normalized spacial score (nSPS) is 45.6. The van der Waals surface area contributed by atoms with Gasteiger partial charge in [-0.1, -0.05) is 20.8 Å². The number of fused-ring (bicyclic) bond motifs is 5. The molecule has 0 bridgehead atoms. The first-order chi connectivity index (χ1) is 15.7. The van der Waals surface area contributed by atoms with Gasteiger partial charge >= 0.3 is 0 Å². The van der Waals surface area contributed by atoms with Crippen LogP contribution in [0.5, 0.6) is 0 Å². The molecule has 4 fully saturated rings. The molecule has 0 saturated heterocycles. The van der Waals surface area contributed by atoms with Crippen molar-refractivity contribution in [3.8, 4) is 0 Å². The van der Waals surface area contributed by atoms with E-state index in [9.17, 15) is 15.0 Å². The molecule has 5 heteroatoms. The Labute approximate surface area is 201 Å². The third-order valence-electron chi connectivity index (χ3n) is 11.3. The van der Waals surface area contributed by atoms with Gasteiger partial charge in [0.15, 0.2) is 0 Å². The Hall–Kier alpha value is -0.650. The smallest absolute Gasteiger partial charge is 0.220 e. The zero-order valence-corrected chi connectivity index (χ0v) is 21.4. The average molecular weight is 463 g/mol. The van der Waals surface area contributed by atoms with Crippen LogP contribution in [-0.2, 0) is 4.79 Å². The first kappa shape index (κ1) is 25.4. The minimum atomic E-state index is -0.244. The van der Waals surface area contributed by atoms with Crippen LogP contribution in [-0.4, -0.2) is 41.4 Å². The molecular weight excluding hydrogens is 412 g/mol. The molecule has 0 radical (unpaired) electrons. The highest BCUT2D eigenvalue weighted by Gasteiger charge is 2.63. The van der Waals surface area contributed by atoms with Crippen LogP contribution in [0.4, 0.5) is 0 Å². The monoisotopic (exact) mass is 462 g/mol. The molecule has 4 saturated carbocycles. The SMILES string of the molecule is C[C@H](CCC(=O)NCCCCN)C1CCC2[C@@H]3CC[C@@H]4C[C@H](O)CC[C@]4(C)C3C[C@H](O)[C@@]21C. The average Bonchev–Trinajstić information content (AvgIpc) is 3.15. The van der Waals surface area contributed by atoms with Crippen molar-refractivity contribution in [1.29, 1.82) is 0 Å². The highest BCUT2D eigenvalue weighted by molar-refractivity contribution is 5.75. The summed E-state index contributed by atoms with van der Waals surface area (Å²) in [5.41, 5.74) is 5.80. The molecule has 0 heterocycles. The maximum Gasteiger partial charge on any atom is 0.220 e. The summed E-state index contributed by atoms with van der Waals surface area (Å²) in [4.78, 5) is 12.3. The number of hydrogen-bond donors (Lipinski definition) is 4. The predicted octanol–water partition coefficient (Wildman–Crippen LogP) is 4.25. The number of amides is 1. The van der Waals surface area contributed by atoms with E-state index in [0.29, 0.717) is 42.6 Å². The Morgan fingerprint density at radius 3 is 2.61 bits per heavy atom. The van der Waals surface area contributed by atoms with Crippen molar-refractivity contribution < 1.29 is 15.0 Å². The van der Waals surface area contributed by atoms with Crippen LogP contribution in [0.1, 0.15) is 97.8 Å². The molecule has 3 unspecified atom stereocenters. The van der Waals surface area contributed by atoms with E-state index in [1.54, 1.807) is 0 Å². The summed E-state index contributed by atoms with van der Waals surface area (Å²) in [6, 6.07) is 0. The molecular formula is C28H50N2O3. The molecule has 190 valence electrons. The van der Waals surface area contributed by atoms with Gasteiger partial charge in [-0.3, -0.25) is 4.79 Å². The van der Waals surface area contributed by atoms with E-state index in [1.165, 1.54) is 25.7 Å². The Kier molecular flexibility index (Phi) is 7.82. The van der Waals surface area contributed by atoms with Crippen LogP contribution >= 0.6 is 0 Å². The van der Waals surface area contributed by atoms with Gasteiger partial charge in [-0.05, 0) is 124 Å². The van der Waals surface area contributed by atoms with Gasteiger partial charge in [0, 0.05) is 13.0 Å². The third-order valence-corrected chi connectivity index (χ3v) is 11.3. The number of carbonyl (C=O) groups excluding carboxylic acids is 1. The molecule has 5 nitrogen and oxygen atoms in total. The quantitative estimate of drug-likeness (QED) is 0.406. The van der Waals surface area contributed by atoms with Crippen LogP contribution in [0.15, 0.2) is 0 Å². The van der Waals surface area contributed by atoms with Gasteiger partial charge in [0.2, 0.25) is 5.91 Å². The number of rotatable bonds is 8. The van der Waals surface area contributed by atoms with Crippen LogP contribution in [0.25, 0.3) is 0 Å². The van der Waals surface area contributed by atoms with Crippen LogP contribution < -0.4 is 11.1 Å². The molecule has 5 N–H and O–H groups in total. The number of aliphatic hydroxyl groups is 2. The Bertz CT molecular complexity index is 686. The van der Waals surface area contributed by atoms with E-state index in [4.69, 9.17) is 5.73 Å². The first-order valence-electron chi connectivity index (χ1n) is 14.0. The van der Waals surface area contributed by atoms with Gasteiger partial charge in [0.05, 0.1) is 12.2 Å². The molecule has 10 atom stereocenters. The highest BCUT2D eigenvalue weighted by Crippen LogP contribution is 2.68. The lowest BCUT2D eigenvalue weighted by atomic mass is 9.43. The highest BCUT2D eigenvalue weighted by atomic mass is 16.3. The number of aliphatic hydroxyl groups excluding tert-OH is 2. The van der Waals surface area contributed by atoms with E-state index in [2.05, 4.69) is 26.1 Å². The van der Waals surface area contributed by atoms with E-state index >= 15 is 0 Å². The fraction of sp³-hybridized carbons (Fsp3) is 0.964. The van der Waals surface area contributed by atoms with Crippen molar-refractivity contribution in [3.63, 3.8) is 0 Å². The van der Waals surface area contributed by atoms with E-state index in [-0.39, 0.29) is 28.9 Å². The zero-order valence-electron chi connectivity index (χ0n) is 21.4.